The third-order valence-electron chi connectivity index (χ3n) is 4.58. The Hall–Kier alpha value is -2.04. The van der Waals surface area contributed by atoms with Crippen LogP contribution >= 0.6 is 31.9 Å². The van der Waals surface area contributed by atoms with Crippen molar-refractivity contribution in [2.75, 3.05) is 0 Å². The average molecular weight is 455 g/mol. The SMILES string of the molecule is Brc1ccc2c(c1)O[C@H](c1ccccc1)n1c-2cc2cc(Br)ccc21. The summed E-state index contributed by atoms with van der Waals surface area (Å²) in [6, 6.07) is 25.2. The van der Waals surface area contributed by atoms with Gasteiger partial charge in [0.25, 0.3) is 0 Å². The van der Waals surface area contributed by atoms with Crippen molar-refractivity contribution < 1.29 is 4.74 Å². The van der Waals surface area contributed by atoms with E-state index in [1.807, 2.05) is 12.1 Å². The van der Waals surface area contributed by atoms with Crippen LogP contribution in [-0.2, 0) is 0 Å². The number of halogens is 2. The van der Waals surface area contributed by atoms with E-state index >= 15 is 0 Å². The Kier molecular flexibility index (Phi) is 3.50. The normalized spacial score (nSPS) is 15.5. The van der Waals surface area contributed by atoms with Crippen molar-refractivity contribution in [2.45, 2.75) is 6.23 Å². The van der Waals surface area contributed by atoms with Crippen molar-refractivity contribution in [3.8, 4) is 17.0 Å². The Labute approximate surface area is 162 Å². The maximum atomic E-state index is 6.44. The van der Waals surface area contributed by atoms with Crippen molar-refractivity contribution in [1.82, 2.24) is 4.57 Å². The third-order valence-corrected chi connectivity index (χ3v) is 5.56. The molecule has 0 saturated carbocycles. The molecule has 0 spiro atoms. The summed E-state index contributed by atoms with van der Waals surface area (Å²) < 4.78 is 10.8. The van der Waals surface area contributed by atoms with Gasteiger partial charge in [-0.25, -0.2) is 0 Å². The number of aromatic nitrogens is 1. The highest BCUT2D eigenvalue weighted by molar-refractivity contribution is 9.10. The van der Waals surface area contributed by atoms with Crippen LogP contribution in [-0.4, -0.2) is 4.57 Å². The molecule has 1 aliphatic rings. The average Bonchev–Trinajstić information content (AvgIpc) is 3.00. The molecule has 0 N–H and O–H groups in total. The zero-order chi connectivity index (χ0) is 17.0. The minimum atomic E-state index is -0.184. The number of hydrogen-bond donors (Lipinski definition) is 0. The van der Waals surface area contributed by atoms with Crippen LogP contribution in [0, 0.1) is 0 Å². The summed E-state index contributed by atoms with van der Waals surface area (Å²) in [4.78, 5) is 0. The van der Waals surface area contributed by atoms with Gasteiger partial charge in [-0.1, -0.05) is 62.2 Å². The summed E-state index contributed by atoms with van der Waals surface area (Å²) in [6.07, 6.45) is -0.184. The Bertz CT molecular complexity index is 1100. The second-order valence-corrected chi connectivity index (χ2v) is 7.96. The van der Waals surface area contributed by atoms with Gasteiger partial charge < -0.3 is 9.30 Å². The maximum absolute atomic E-state index is 6.44. The summed E-state index contributed by atoms with van der Waals surface area (Å²) in [5, 5.41) is 1.20. The van der Waals surface area contributed by atoms with Crippen molar-refractivity contribution in [2.24, 2.45) is 0 Å². The lowest BCUT2D eigenvalue weighted by Gasteiger charge is -2.30. The van der Waals surface area contributed by atoms with Gasteiger partial charge in [0.15, 0.2) is 0 Å². The first kappa shape index (κ1) is 15.2. The molecule has 2 nitrogen and oxygen atoms in total. The van der Waals surface area contributed by atoms with Crippen molar-refractivity contribution in [3.63, 3.8) is 0 Å². The summed E-state index contributed by atoms with van der Waals surface area (Å²) >= 11 is 7.14. The molecule has 1 aromatic heterocycles. The molecule has 0 unspecified atom stereocenters. The predicted octanol–water partition coefficient (Wildman–Crippen LogP) is 6.77. The highest BCUT2D eigenvalue weighted by atomic mass is 79.9. The van der Waals surface area contributed by atoms with Gasteiger partial charge in [-0.2, -0.15) is 0 Å². The van der Waals surface area contributed by atoms with Crippen LogP contribution in [0.2, 0.25) is 0 Å². The van der Waals surface area contributed by atoms with E-state index in [-0.39, 0.29) is 6.23 Å². The fraction of sp³-hybridized carbons (Fsp3) is 0.0476. The second-order valence-electron chi connectivity index (χ2n) is 6.12. The molecule has 0 bridgehead atoms. The topological polar surface area (TPSA) is 14.2 Å². The molecule has 0 saturated heterocycles. The molecule has 0 aliphatic carbocycles. The van der Waals surface area contributed by atoms with E-state index < -0.39 is 0 Å². The maximum Gasteiger partial charge on any atom is 0.203 e. The molecule has 2 heterocycles. The van der Waals surface area contributed by atoms with Crippen molar-refractivity contribution >= 4 is 42.8 Å². The highest BCUT2D eigenvalue weighted by Crippen LogP contribution is 2.45. The van der Waals surface area contributed by atoms with E-state index in [9.17, 15) is 0 Å². The smallest absolute Gasteiger partial charge is 0.203 e. The Morgan fingerprint density at radius 1 is 0.800 bits per heavy atom. The van der Waals surface area contributed by atoms with E-state index in [2.05, 4.69) is 97.1 Å². The summed E-state index contributed by atoms with van der Waals surface area (Å²) in [6.45, 7) is 0. The Morgan fingerprint density at radius 3 is 2.40 bits per heavy atom. The van der Waals surface area contributed by atoms with Gasteiger partial charge in [-0.05, 0) is 42.5 Å². The first-order valence-electron chi connectivity index (χ1n) is 8.03. The minimum Gasteiger partial charge on any atom is -0.465 e. The number of benzene rings is 3. The quantitative estimate of drug-likeness (QED) is 0.309. The van der Waals surface area contributed by atoms with Crippen LogP contribution in [0.15, 0.2) is 81.7 Å². The molecule has 1 aliphatic heterocycles. The summed E-state index contributed by atoms with van der Waals surface area (Å²) in [5.41, 5.74) is 4.59. The minimum absolute atomic E-state index is 0.184. The molecule has 4 aromatic rings. The van der Waals surface area contributed by atoms with Gasteiger partial charge in [0, 0.05) is 25.5 Å². The fourth-order valence-electron chi connectivity index (χ4n) is 3.48. The molecule has 0 amide bonds. The summed E-state index contributed by atoms with van der Waals surface area (Å²) in [7, 11) is 0. The third kappa shape index (κ3) is 2.43. The lowest BCUT2D eigenvalue weighted by molar-refractivity contribution is 0.173. The van der Waals surface area contributed by atoms with Gasteiger partial charge in [-0.3, -0.25) is 0 Å². The number of fused-ring (bicyclic) bond motifs is 5. The molecule has 0 fully saturated rings. The molecule has 0 radical (unpaired) electrons. The van der Waals surface area contributed by atoms with E-state index in [1.165, 1.54) is 16.6 Å². The standard InChI is InChI=1S/C21H13Br2NO/c22-15-7-9-18-14(10-15)11-19-17-8-6-16(23)12-20(17)25-21(24(18)19)13-4-2-1-3-5-13/h1-12,21H/t21-/m1/s1. The van der Waals surface area contributed by atoms with Crippen molar-refractivity contribution in [3.05, 3.63) is 87.3 Å². The first-order chi connectivity index (χ1) is 12.2. The number of rotatable bonds is 1. The van der Waals surface area contributed by atoms with Crippen LogP contribution in [0.4, 0.5) is 0 Å². The van der Waals surface area contributed by atoms with Crippen molar-refractivity contribution in [1.29, 1.82) is 0 Å². The zero-order valence-electron chi connectivity index (χ0n) is 13.1. The number of nitrogens with zero attached hydrogens (tertiary/aromatic N) is 1. The van der Waals surface area contributed by atoms with E-state index in [0.717, 1.165) is 25.8 Å². The molecular formula is C21H13Br2NO. The van der Waals surface area contributed by atoms with Gasteiger partial charge in [0.1, 0.15) is 5.75 Å². The van der Waals surface area contributed by atoms with Gasteiger partial charge >= 0.3 is 0 Å². The van der Waals surface area contributed by atoms with Crippen LogP contribution in [0.25, 0.3) is 22.2 Å². The largest absolute Gasteiger partial charge is 0.465 e. The van der Waals surface area contributed by atoms with Crippen LogP contribution < -0.4 is 4.74 Å². The predicted molar refractivity (Wildman–Crippen MR) is 108 cm³/mol. The number of hydrogen-bond acceptors (Lipinski definition) is 1. The Morgan fingerprint density at radius 2 is 1.56 bits per heavy atom. The van der Waals surface area contributed by atoms with E-state index in [1.54, 1.807) is 0 Å². The first-order valence-corrected chi connectivity index (χ1v) is 9.61. The molecular weight excluding hydrogens is 442 g/mol. The zero-order valence-corrected chi connectivity index (χ0v) is 16.3. The van der Waals surface area contributed by atoms with Crippen LogP contribution in [0.3, 0.4) is 0 Å². The molecule has 25 heavy (non-hydrogen) atoms. The fourth-order valence-corrected chi connectivity index (χ4v) is 4.20. The lowest BCUT2D eigenvalue weighted by Crippen LogP contribution is -2.22. The molecule has 5 rings (SSSR count). The second kappa shape index (κ2) is 5.75. The molecule has 122 valence electrons. The van der Waals surface area contributed by atoms with E-state index in [4.69, 9.17) is 4.74 Å². The molecule has 3 aromatic carbocycles. The van der Waals surface area contributed by atoms with Crippen LogP contribution in [0.1, 0.15) is 11.8 Å². The highest BCUT2D eigenvalue weighted by Gasteiger charge is 2.28. The van der Waals surface area contributed by atoms with Gasteiger partial charge in [0.2, 0.25) is 6.23 Å². The molecule has 1 atom stereocenters. The Balaban J connectivity index is 1.84. The number of ether oxygens (including phenoxy) is 1. The van der Waals surface area contributed by atoms with Gasteiger partial charge in [0.05, 0.1) is 11.2 Å². The van der Waals surface area contributed by atoms with E-state index in [0.29, 0.717) is 0 Å². The van der Waals surface area contributed by atoms with Crippen LogP contribution in [0.5, 0.6) is 5.75 Å². The monoisotopic (exact) mass is 453 g/mol. The van der Waals surface area contributed by atoms with Gasteiger partial charge in [-0.15, -0.1) is 0 Å². The molecule has 4 heteroatoms. The summed E-state index contributed by atoms with van der Waals surface area (Å²) in [5.74, 6) is 0.901. The lowest BCUT2D eigenvalue weighted by atomic mass is 10.1.